The first-order valence-corrected chi connectivity index (χ1v) is 10.2. The van der Waals surface area contributed by atoms with Gasteiger partial charge in [0.25, 0.3) is 0 Å². The molecular formula is C9H13B15N3O2S. The molecule has 5 nitrogen and oxygen atoms in total. The Hall–Kier alpha value is -0.326. The fourth-order valence-corrected chi connectivity index (χ4v) is 3.40. The molecule has 0 spiro atoms. The van der Waals surface area contributed by atoms with Gasteiger partial charge in [-0.25, -0.2) is 9.97 Å². The minimum Gasteiger partial charge on any atom is -0.465 e. The second kappa shape index (κ2) is 15.5. The molecule has 0 bridgehead atoms. The summed E-state index contributed by atoms with van der Waals surface area (Å²) in [5.41, 5.74) is 6.26. The van der Waals surface area contributed by atoms with Crippen molar-refractivity contribution in [3.63, 3.8) is 0 Å². The summed E-state index contributed by atoms with van der Waals surface area (Å²) in [7, 11) is 45.8. The highest BCUT2D eigenvalue weighted by atomic mass is 32.2. The summed E-state index contributed by atoms with van der Waals surface area (Å²) < 4.78 is 4.79. The van der Waals surface area contributed by atoms with Crippen molar-refractivity contribution in [2.75, 3.05) is 18.1 Å². The number of aryl methyl sites for hydroxylation is 1. The third kappa shape index (κ3) is 11.3. The van der Waals surface area contributed by atoms with Crippen LogP contribution in [0.15, 0.2) is 11.1 Å². The van der Waals surface area contributed by atoms with Crippen LogP contribution in [0, 0.1) is 6.92 Å². The van der Waals surface area contributed by atoms with E-state index in [-0.39, 0.29) is 17.7 Å². The van der Waals surface area contributed by atoms with Crippen molar-refractivity contribution in [2.24, 2.45) is 0 Å². The van der Waals surface area contributed by atoms with Gasteiger partial charge in [-0.15, -0.1) is 0 Å². The molecular weight excluding hydrogens is 376 g/mol. The van der Waals surface area contributed by atoms with Crippen LogP contribution in [-0.2, 0) is 9.53 Å². The summed E-state index contributed by atoms with van der Waals surface area (Å²) in [6.45, 7) is 3.99. The van der Waals surface area contributed by atoms with Gasteiger partial charge in [0, 0.05) is 113 Å². The van der Waals surface area contributed by atoms with Gasteiger partial charge in [-0.3, -0.25) is 4.79 Å². The van der Waals surface area contributed by atoms with E-state index in [2.05, 4.69) is 9.97 Å². The molecule has 127 valence electrons. The molecule has 0 aromatic carbocycles. The predicted octanol–water partition coefficient (Wildman–Crippen LogP) is -4.69. The van der Waals surface area contributed by atoms with E-state index in [1.165, 1.54) is 18.8 Å². The summed E-state index contributed by atoms with van der Waals surface area (Å²) in [6.07, 6.45) is -3.77. The number of nitrogen functional groups attached to an aromatic ring is 1. The molecule has 1 rings (SSSR count). The Morgan fingerprint density at radius 2 is 1.63 bits per heavy atom. The number of ether oxygens (including phenoxy) is 1. The van der Waals surface area contributed by atoms with E-state index in [4.69, 9.17) is 72.4 Å². The van der Waals surface area contributed by atoms with Crippen molar-refractivity contribution in [1.29, 1.82) is 0 Å². The topological polar surface area (TPSA) is 78.1 Å². The smallest absolute Gasteiger partial charge is 0.316 e. The molecule has 0 amide bonds. The standard InChI is InChI=1S/C9H13N3O2S.B15/c1-3-14-8(13)5-15-7-4-6(2)11-9(10)12-7;1-9-13(8)15(12(6)7)14(10(2)3)11(4)5/h4H,3,5H2,1-2H3,(H2,10,11,12);. The Morgan fingerprint density at radius 3 is 2.03 bits per heavy atom. The number of hydrogen-bond donors (Lipinski definition) is 1. The quantitative estimate of drug-likeness (QED) is 0.188. The molecule has 2 N–H and O–H groups in total. The predicted molar refractivity (Wildman–Crippen MR) is 145 cm³/mol. The third-order valence-electron chi connectivity index (χ3n) is 3.94. The largest absolute Gasteiger partial charge is 0.465 e. The molecule has 0 saturated heterocycles. The third-order valence-corrected chi connectivity index (χ3v) is 4.82. The molecule has 17 radical (unpaired) electrons. The lowest BCUT2D eigenvalue weighted by atomic mass is 8.46. The van der Waals surface area contributed by atoms with Crippen molar-refractivity contribution < 1.29 is 9.53 Å². The lowest BCUT2D eigenvalue weighted by Gasteiger charge is -2.35. The Bertz CT molecular complexity index is 615. The van der Waals surface area contributed by atoms with Crippen molar-refractivity contribution in [3.8, 4) is 0 Å². The summed E-state index contributed by atoms with van der Waals surface area (Å²) in [5, 5.41) is 0.688. The molecule has 0 fully saturated rings. The summed E-state index contributed by atoms with van der Waals surface area (Å²) in [4.78, 5) is 19.0. The fourth-order valence-electron chi connectivity index (χ4n) is 2.64. The number of esters is 1. The van der Waals surface area contributed by atoms with Crippen LogP contribution in [0.3, 0.4) is 0 Å². The number of aromatic nitrogens is 2. The summed E-state index contributed by atoms with van der Waals surface area (Å²) >= 11 is 1.29. The number of anilines is 1. The molecule has 21 heteroatoms. The molecule has 30 heavy (non-hydrogen) atoms. The molecule has 0 saturated carbocycles. The van der Waals surface area contributed by atoms with E-state index in [0.717, 1.165) is 5.69 Å². The van der Waals surface area contributed by atoms with Gasteiger partial charge in [-0.05, 0) is 19.9 Å². The number of rotatable bonds is 10. The summed E-state index contributed by atoms with van der Waals surface area (Å²) in [6, 6.07) is 1.78. The number of carbonyl (C=O) groups is 1. The molecule has 0 atom stereocenters. The minimum atomic E-state index is -0.754. The van der Waals surface area contributed by atoms with Gasteiger partial charge in [0.15, 0.2) is 0 Å². The number of carbonyl (C=O) groups excluding carboxylic acids is 1. The summed E-state index contributed by atoms with van der Waals surface area (Å²) in [5.74, 6) is 0.211. The van der Waals surface area contributed by atoms with Gasteiger partial charge in [0.1, 0.15) is 5.03 Å². The van der Waals surface area contributed by atoms with Crippen LogP contribution < -0.4 is 5.73 Å². The zero-order valence-electron chi connectivity index (χ0n) is 17.3. The maximum Gasteiger partial charge on any atom is 0.316 e. The Labute approximate surface area is 198 Å². The SMILES string of the molecule is CCOC(=O)CSc1cc(C)nc(N)n1.[B][B]B([B])B(B([B])[B])B(B([B])[B])B([B])[B]. The molecule has 0 aliphatic rings. The average Bonchev–Trinajstić information content (AvgIpc) is 2.62. The van der Waals surface area contributed by atoms with Gasteiger partial charge in [0.2, 0.25) is 5.95 Å². The number of hydrogen-bond acceptors (Lipinski definition) is 6. The van der Waals surface area contributed by atoms with Gasteiger partial charge in [0.05, 0.1) is 12.4 Å². The Kier molecular flexibility index (Phi) is 15.3. The van der Waals surface area contributed by atoms with Crippen LogP contribution in [0.2, 0.25) is 0 Å². The van der Waals surface area contributed by atoms with Gasteiger partial charge < -0.3 is 10.5 Å². The maximum atomic E-state index is 11.1. The van der Waals surface area contributed by atoms with Crippen LogP contribution in [0.1, 0.15) is 12.6 Å². The van der Waals surface area contributed by atoms with E-state index in [1.54, 1.807) is 13.0 Å². The van der Waals surface area contributed by atoms with Crippen LogP contribution in [0.5, 0.6) is 0 Å². The van der Waals surface area contributed by atoms with Crippen molar-refractivity contribution in [1.82, 2.24) is 9.97 Å². The Balaban J connectivity index is 0.000000561. The molecule has 1 aromatic rings. The van der Waals surface area contributed by atoms with Crippen LogP contribution in [-0.4, -0.2) is 136 Å². The van der Waals surface area contributed by atoms with Crippen LogP contribution in [0.4, 0.5) is 5.95 Å². The van der Waals surface area contributed by atoms with E-state index < -0.39 is 38.3 Å². The second-order valence-electron chi connectivity index (χ2n) is 6.46. The second-order valence-corrected chi connectivity index (χ2v) is 7.45. The highest BCUT2D eigenvalue weighted by Gasteiger charge is 2.36. The molecule has 0 unspecified atom stereocenters. The first kappa shape index (κ1) is 29.7. The minimum absolute atomic E-state index is 0.223. The maximum absolute atomic E-state index is 11.1. The van der Waals surface area contributed by atoms with Crippen molar-refractivity contribution in [2.45, 2.75) is 18.9 Å². The average molecular weight is 389 g/mol. The van der Waals surface area contributed by atoms with Gasteiger partial charge >= 0.3 is 5.97 Å². The number of thioether (sulfide) groups is 1. The normalized spacial score (nSPS) is 9.40. The van der Waals surface area contributed by atoms with Crippen LogP contribution >= 0.6 is 11.8 Å². The van der Waals surface area contributed by atoms with Crippen molar-refractivity contribution in [3.05, 3.63) is 11.8 Å². The van der Waals surface area contributed by atoms with E-state index in [1.807, 2.05) is 6.92 Å². The monoisotopic (exact) mass is 392 g/mol. The highest BCUT2D eigenvalue weighted by molar-refractivity contribution is 8.12. The zero-order chi connectivity index (χ0) is 23.4. The fraction of sp³-hybridized carbons (Fsp3) is 0.444. The van der Waals surface area contributed by atoms with Crippen LogP contribution in [0.25, 0.3) is 0 Å². The molecule has 0 aliphatic carbocycles. The molecule has 1 aromatic heterocycles. The van der Waals surface area contributed by atoms with Gasteiger partial charge in [-0.1, -0.05) is 11.8 Å². The molecule has 1 heterocycles. The van der Waals surface area contributed by atoms with Gasteiger partial charge in [-0.2, -0.15) is 0 Å². The van der Waals surface area contributed by atoms with E-state index >= 15 is 0 Å². The number of nitrogens with two attached hydrogens (primary N) is 1. The highest BCUT2D eigenvalue weighted by Crippen LogP contribution is 2.16. The van der Waals surface area contributed by atoms with E-state index in [9.17, 15) is 4.79 Å². The first-order chi connectivity index (χ1) is 13.9. The lowest BCUT2D eigenvalue weighted by molar-refractivity contribution is -0.139. The Morgan fingerprint density at radius 1 is 1.10 bits per heavy atom. The molecule has 0 aliphatic heterocycles. The first-order valence-electron chi connectivity index (χ1n) is 9.18. The zero-order valence-corrected chi connectivity index (χ0v) is 18.2. The van der Waals surface area contributed by atoms with E-state index in [0.29, 0.717) is 11.6 Å². The lowest BCUT2D eigenvalue weighted by Crippen LogP contribution is -2.73. The number of nitrogens with zero attached hydrogens (tertiary/aromatic N) is 2. The van der Waals surface area contributed by atoms with Crippen molar-refractivity contribution >= 4 is 131 Å².